The van der Waals surface area contributed by atoms with Crippen LogP contribution in [0.4, 0.5) is 0 Å². The van der Waals surface area contributed by atoms with Crippen molar-refractivity contribution in [2.45, 2.75) is 38.6 Å². The molecule has 0 aromatic rings. The monoisotopic (exact) mass is 200 g/mol. The lowest BCUT2D eigenvalue weighted by atomic mass is 9.99. The molecule has 3 nitrogen and oxygen atoms in total. The van der Waals surface area contributed by atoms with Crippen LogP contribution in [-0.4, -0.2) is 31.8 Å². The molecule has 3 N–H and O–H groups in total. The number of nitrogens with one attached hydrogen (secondary N) is 1. The molecule has 1 atom stereocenters. The Balaban J connectivity index is 2.13. The normalized spacial score (nSPS) is 27.4. The fourth-order valence-electron chi connectivity index (χ4n) is 1.87. The number of ether oxygens (including phenoxy) is 1. The van der Waals surface area contributed by atoms with E-state index >= 15 is 0 Å². The van der Waals surface area contributed by atoms with Crippen molar-refractivity contribution in [3.8, 4) is 0 Å². The standard InChI is InChI=1S/C11H24N2O/c1-3-10(4-2)7-13-8-11(12)5-6-14-9-11/h10,13H,3-9,12H2,1-2H3. The lowest BCUT2D eigenvalue weighted by Gasteiger charge is -2.23. The first-order valence-electron chi connectivity index (χ1n) is 5.77. The fourth-order valence-corrected chi connectivity index (χ4v) is 1.87. The van der Waals surface area contributed by atoms with Gasteiger partial charge in [-0.05, 0) is 18.9 Å². The smallest absolute Gasteiger partial charge is 0.0659 e. The molecule has 0 aromatic heterocycles. The van der Waals surface area contributed by atoms with Crippen LogP contribution in [0.25, 0.3) is 0 Å². The van der Waals surface area contributed by atoms with Gasteiger partial charge in [0.1, 0.15) is 0 Å². The quantitative estimate of drug-likeness (QED) is 0.675. The van der Waals surface area contributed by atoms with Crippen LogP contribution in [-0.2, 0) is 4.74 Å². The minimum absolute atomic E-state index is 0.105. The van der Waals surface area contributed by atoms with E-state index in [-0.39, 0.29) is 5.54 Å². The minimum Gasteiger partial charge on any atom is -0.379 e. The topological polar surface area (TPSA) is 47.3 Å². The van der Waals surface area contributed by atoms with Gasteiger partial charge in [0.05, 0.1) is 12.1 Å². The van der Waals surface area contributed by atoms with Crippen LogP contribution < -0.4 is 11.1 Å². The average Bonchev–Trinajstić information content (AvgIpc) is 2.60. The van der Waals surface area contributed by atoms with Gasteiger partial charge in [0.2, 0.25) is 0 Å². The van der Waals surface area contributed by atoms with E-state index in [0.717, 1.165) is 32.0 Å². The van der Waals surface area contributed by atoms with Gasteiger partial charge < -0.3 is 15.8 Å². The zero-order valence-electron chi connectivity index (χ0n) is 9.51. The molecule has 14 heavy (non-hydrogen) atoms. The van der Waals surface area contributed by atoms with Crippen LogP contribution in [0.3, 0.4) is 0 Å². The number of nitrogens with two attached hydrogens (primary N) is 1. The van der Waals surface area contributed by atoms with Gasteiger partial charge in [-0.3, -0.25) is 0 Å². The van der Waals surface area contributed by atoms with Crippen molar-refractivity contribution in [2.75, 3.05) is 26.3 Å². The van der Waals surface area contributed by atoms with E-state index in [1.54, 1.807) is 0 Å². The number of hydrogen-bond donors (Lipinski definition) is 2. The van der Waals surface area contributed by atoms with E-state index in [1.165, 1.54) is 12.8 Å². The average molecular weight is 200 g/mol. The molecule has 0 aliphatic carbocycles. The summed E-state index contributed by atoms with van der Waals surface area (Å²) in [6.07, 6.45) is 3.48. The molecular weight excluding hydrogens is 176 g/mol. The Morgan fingerprint density at radius 2 is 2.14 bits per heavy atom. The molecule has 0 radical (unpaired) electrons. The molecule has 0 saturated carbocycles. The van der Waals surface area contributed by atoms with E-state index in [0.29, 0.717) is 6.61 Å². The van der Waals surface area contributed by atoms with Gasteiger partial charge >= 0.3 is 0 Å². The van der Waals surface area contributed by atoms with Crippen LogP contribution >= 0.6 is 0 Å². The molecule has 0 aromatic carbocycles. The van der Waals surface area contributed by atoms with Gasteiger partial charge in [0.15, 0.2) is 0 Å². The summed E-state index contributed by atoms with van der Waals surface area (Å²) < 4.78 is 5.31. The first-order valence-corrected chi connectivity index (χ1v) is 5.77. The Morgan fingerprint density at radius 3 is 2.64 bits per heavy atom. The summed E-state index contributed by atoms with van der Waals surface area (Å²) in [7, 11) is 0. The summed E-state index contributed by atoms with van der Waals surface area (Å²) >= 11 is 0. The molecule has 1 fully saturated rings. The highest BCUT2D eigenvalue weighted by Crippen LogP contribution is 2.14. The largest absolute Gasteiger partial charge is 0.379 e. The van der Waals surface area contributed by atoms with E-state index in [4.69, 9.17) is 10.5 Å². The molecule has 0 spiro atoms. The molecule has 1 aliphatic rings. The molecule has 0 amide bonds. The summed E-state index contributed by atoms with van der Waals surface area (Å²) in [5.41, 5.74) is 6.04. The Morgan fingerprint density at radius 1 is 1.43 bits per heavy atom. The number of hydrogen-bond acceptors (Lipinski definition) is 3. The fraction of sp³-hybridized carbons (Fsp3) is 1.00. The van der Waals surface area contributed by atoms with Crippen molar-refractivity contribution >= 4 is 0 Å². The predicted molar refractivity (Wildman–Crippen MR) is 59.3 cm³/mol. The lowest BCUT2D eigenvalue weighted by Crippen LogP contribution is -2.50. The van der Waals surface area contributed by atoms with Crippen molar-refractivity contribution < 1.29 is 4.74 Å². The first-order chi connectivity index (χ1) is 6.70. The van der Waals surface area contributed by atoms with Crippen molar-refractivity contribution in [1.82, 2.24) is 5.32 Å². The van der Waals surface area contributed by atoms with Crippen LogP contribution in [0.15, 0.2) is 0 Å². The highest BCUT2D eigenvalue weighted by atomic mass is 16.5. The molecule has 0 bridgehead atoms. The van der Waals surface area contributed by atoms with Crippen LogP contribution in [0.2, 0.25) is 0 Å². The molecule has 1 aliphatic heterocycles. The highest BCUT2D eigenvalue weighted by molar-refractivity contribution is 4.90. The van der Waals surface area contributed by atoms with Gasteiger partial charge in [-0.1, -0.05) is 26.7 Å². The van der Waals surface area contributed by atoms with Gasteiger partial charge in [-0.25, -0.2) is 0 Å². The molecule has 1 rings (SSSR count). The van der Waals surface area contributed by atoms with E-state index in [2.05, 4.69) is 19.2 Å². The Kier molecular flexibility index (Phi) is 4.85. The third kappa shape index (κ3) is 3.56. The van der Waals surface area contributed by atoms with Crippen molar-refractivity contribution in [1.29, 1.82) is 0 Å². The second-order valence-corrected chi connectivity index (χ2v) is 4.48. The van der Waals surface area contributed by atoms with Crippen LogP contribution in [0.5, 0.6) is 0 Å². The third-order valence-electron chi connectivity index (χ3n) is 3.20. The van der Waals surface area contributed by atoms with Crippen LogP contribution in [0, 0.1) is 5.92 Å². The minimum atomic E-state index is -0.105. The molecular formula is C11H24N2O. The summed E-state index contributed by atoms with van der Waals surface area (Å²) in [5.74, 6) is 0.793. The maximum absolute atomic E-state index is 6.14. The second-order valence-electron chi connectivity index (χ2n) is 4.48. The van der Waals surface area contributed by atoms with Crippen molar-refractivity contribution in [3.05, 3.63) is 0 Å². The predicted octanol–water partition coefficient (Wildman–Crippen LogP) is 1.13. The lowest BCUT2D eigenvalue weighted by molar-refractivity contribution is 0.176. The molecule has 1 unspecified atom stereocenters. The maximum atomic E-state index is 6.14. The Bertz CT molecular complexity index is 151. The first kappa shape index (κ1) is 12.0. The summed E-state index contributed by atoms with van der Waals surface area (Å²) in [4.78, 5) is 0. The van der Waals surface area contributed by atoms with Gasteiger partial charge in [0, 0.05) is 13.2 Å². The van der Waals surface area contributed by atoms with E-state index in [1.807, 2.05) is 0 Å². The third-order valence-corrected chi connectivity index (χ3v) is 3.20. The molecule has 3 heteroatoms. The SMILES string of the molecule is CCC(CC)CNCC1(N)CCOC1. The molecule has 84 valence electrons. The van der Waals surface area contributed by atoms with E-state index in [9.17, 15) is 0 Å². The van der Waals surface area contributed by atoms with Crippen LogP contribution in [0.1, 0.15) is 33.1 Å². The highest BCUT2D eigenvalue weighted by Gasteiger charge is 2.29. The molecule has 1 heterocycles. The van der Waals surface area contributed by atoms with Gasteiger partial charge in [0.25, 0.3) is 0 Å². The van der Waals surface area contributed by atoms with Gasteiger partial charge in [-0.15, -0.1) is 0 Å². The summed E-state index contributed by atoms with van der Waals surface area (Å²) in [6.45, 7) is 8.00. The van der Waals surface area contributed by atoms with Gasteiger partial charge in [-0.2, -0.15) is 0 Å². The number of rotatable bonds is 6. The summed E-state index contributed by atoms with van der Waals surface area (Å²) in [5, 5.41) is 3.46. The van der Waals surface area contributed by atoms with E-state index < -0.39 is 0 Å². The second kappa shape index (κ2) is 5.69. The maximum Gasteiger partial charge on any atom is 0.0659 e. The Labute approximate surface area is 87.4 Å². The zero-order valence-corrected chi connectivity index (χ0v) is 9.51. The zero-order chi connectivity index (χ0) is 10.4. The Hall–Kier alpha value is -0.120. The summed E-state index contributed by atoms with van der Waals surface area (Å²) in [6, 6.07) is 0. The van der Waals surface area contributed by atoms with Crippen molar-refractivity contribution in [3.63, 3.8) is 0 Å². The van der Waals surface area contributed by atoms with Crippen molar-refractivity contribution in [2.24, 2.45) is 11.7 Å². The molecule has 1 saturated heterocycles.